The van der Waals surface area contributed by atoms with Gasteiger partial charge in [-0.1, -0.05) is 30.3 Å². The number of para-hydroxylation sites is 1. The molecule has 0 amide bonds. The van der Waals surface area contributed by atoms with Gasteiger partial charge in [-0.2, -0.15) is 0 Å². The molecular formula is C22H24N2O3. The molecule has 3 rings (SSSR count). The second-order valence-electron chi connectivity index (χ2n) is 6.02. The summed E-state index contributed by atoms with van der Waals surface area (Å²) >= 11 is 0. The molecule has 0 spiro atoms. The number of hydrogen-bond donors (Lipinski definition) is 1. The fourth-order valence-electron chi connectivity index (χ4n) is 2.63. The van der Waals surface area contributed by atoms with E-state index in [1.54, 1.807) is 13.3 Å². The highest BCUT2D eigenvalue weighted by atomic mass is 16.5. The van der Waals surface area contributed by atoms with Gasteiger partial charge in [-0.05, 0) is 48.4 Å². The van der Waals surface area contributed by atoms with Crippen molar-refractivity contribution in [3.05, 3.63) is 78.0 Å². The fourth-order valence-corrected chi connectivity index (χ4v) is 2.63. The van der Waals surface area contributed by atoms with Crippen LogP contribution in [0.5, 0.6) is 17.2 Å². The van der Waals surface area contributed by atoms with Crippen LogP contribution in [0, 0.1) is 6.92 Å². The first kappa shape index (κ1) is 18.6. The number of benzene rings is 2. The number of ether oxygens (including phenoxy) is 3. The van der Waals surface area contributed by atoms with Gasteiger partial charge in [-0.15, -0.1) is 0 Å². The maximum absolute atomic E-state index is 5.89. The second kappa shape index (κ2) is 9.48. The summed E-state index contributed by atoms with van der Waals surface area (Å²) < 4.78 is 17.1. The molecule has 0 fully saturated rings. The van der Waals surface area contributed by atoms with E-state index in [4.69, 9.17) is 14.2 Å². The molecule has 5 heteroatoms. The standard InChI is InChI=1S/C22H24N2O3/c1-17-7-3-4-8-19(17)26-13-14-27-21-15-18(10-11-20(21)25-2)16-24-22-9-5-6-12-23-22/h3-12,15H,13-14,16H2,1-2H3,(H,23,24). The third kappa shape index (κ3) is 5.38. The van der Waals surface area contributed by atoms with E-state index in [0.717, 1.165) is 22.7 Å². The minimum Gasteiger partial charge on any atom is -0.493 e. The van der Waals surface area contributed by atoms with E-state index in [0.29, 0.717) is 31.3 Å². The Morgan fingerprint density at radius 3 is 2.37 bits per heavy atom. The molecule has 0 aliphatic heterocycles. The van der Waals surface area contributed by atoms with Crippen molar-refractivity contribution in [1.82, 2.24) is 4.98 Å². The molecular weight excluding hydrogens is 340 g/mol. The van der Waals surface area contributed by atoms with Gasteiger partial charge in [0.15, 0.2) is 11.5 Å². The first-order valence-corrected chi connectivity index (χ1v) is 8.89. The van der Waals surface area contributed by atoms with Gasteiger partial charge in [-0.3, -0.25) is 0 Å². The Morgan fingerprint density at radius 1 is 0.852 bits per heavy atom. The summed E-state index contributed by atoms with van der Waals surface area (Å²) in [6.45, 7) is 3.57. The molecule has 0 saturated carbocycles. The summed E-state index contributed by atoms with van der Waals surface area (Å²) in [5.41, 5.74) is 2.19. The summed E-state index contributed by atoms with van der Waals surface area (Å²) in [5, 5.41) is 3.29. The quantitative estimate of drug-likeness (QED) is 0.568. The molecule has 1 heterocycles. The summed E-state index contributed by atoms with van der Waals surface area (Å²) in [7, 11) is 1.64. The molecule has 1 aromatic heterocycles. The van der Waals surface area contributed by atoms with Gasteiger partial charge in [0.2, 0.25) is 0 Å². The van der Waals surface area contributed by atoms with Crippen molar-refractivity contribution in [2.75, 3.05) is 25.6 Å². The van der Waals surface area contributed by atoms with Crippen LogP contribution in [0.2, 0.25) is 0 Å². The van der Waals surface area contributed by atoms with Crippen LogP contribution in [0.25, 0.3) is 0 Å². The summed E-state index contributed by atoms with van der Waals surface area (Å²) in [5.74, 6) is 3.11. The SMILES string of the molecule is COc1ccc(CNc2ccccn2)cc1OCCOc1ccccc1C. The van der Waals surface area contributed by atoms with Gasteiger partial charge in [0, 0.05) is 12.7 Å². The molecule has 27 heavy (non-hydrogen) atoms. The van der Waals surface area contributed by atoms with Crippen LogP contribution in [0.15, 0.2) is 66.9 Å². The highest BCUT2D eigenvalue weighted by Crippen LogP contribution is 2.28. The van der Waals surface area contributed by atoms with E-state index in [1.165, 1.54) is 0 Å². The van der Waals surface area contributed by atoms with E-state index in [1.807, 2.05) is 67.6 Å². The van der Waals surface area contributed by atoms with Gasteiger partial charge in [-0.25, -0.2) is 4.98 Å². The fraction of sp³-hybridized carbons (Fsp3) is 0.227. The monoisotopic (exact) mass is 364 g/mol. The number of methoxy groups -OCH3 is 1. The molecule has 1 N–H and O–H groups in total. The molecule has 2 aromatic carbocycles. The Hall–Kier alpha value is -3.21. The number of pyridine rings is 1. The van der Waals surface area contributed by atoms with Crippen LogP contribution in [0.3, 0.4) is 0 Å². The lowest BCUT2D eigenvalue weighted by Gasteiger charge is -2.14. The van der Waals surface area contributed by atoms with Crippen LogP contribution in [0.1, 0.15) is 11.1 Å². The number of nitrogens with one attached hydrogen (secondary N) is 1. The molecule has 0 aliphatic carbocycles. The molecule has 0 saturated heterocycles. The largest absolute Gasteiger partial charge is 0.493 e. The van der Waals surface area contributed by atoms with E-state index in [2.05, 4.69) is 10.3 Å². The zero-order valence-corrected chi connectivity index (χ0v) is 15.6. The zero-order chi connectivity index (χ0) is 18.9. The number of hydrogen-bond acceptors (Lipinski definition) is 5. The van der Waals surface area contributed by atoms with E-state index >= 15 is 0 Å². The first-order valence-electron chi connectivity index (χ1n) is 8.89. The van der Waals surface area contributed by atoms with Crippen LogP contribution < -0.4 is 19.5 Å². The lowest BCUT2D eigenvalue weighted by Crippen LogP contribution is -2.10. The smallest absolute Gasteiger partial charge is 0.161 e. The number of anilines is 1. The molecule has 3 aromatic rings. The van der Waals surface area contributed by atoms with Gasteiger partial charge >= 0.3 is 0 Å². The van der Waals surface area contributed by atoms with Crippen LogP contribution in [-0.2, 0) is 6.54 Å². The highest BCUT2D eigenvalue weighted by Gasteiger charge is 2.07. The minimum absolute atomic E-state index is 0.432. The van der Waals surface area contributed by atoms with Crippen molar-refractivity contribution < 1.29 is 14.2 Å². The predicted molar refractivity (Wildman–Crippen MR) is 107 cm³/mol. The molecule has 0 atom stereocenters. The van der Waals surface area contributed by atoms with Gasteiger partial charge in [0.05, 0.1) is 7.11 Å². The van der Waals surface area contributed by atoms with Crippen LogP contribution in [-0.4, -0.2) is 25.3 Å². The topological polar surface area (TPSA) is 52.6 Å². The lowest BCUT2D eigenvalue weighted by molar-refractivity contribution is 0.210. The van der Waals surface area contributed by atoms with E-state index < -0.39 is 0 Å². The maximum Gasteiger partial charge on any atom is 0.161 e. The molecule has 0 radical (unpaired) electrons. The summed E-state index contributed by atoms with van der Waals surface area (Å²) in [4.78, 5) is 4.26. The second-order valence-corrected chi connectivity index (χ2v) is 6.02. The summed E-state index contributed by atoms with van der Waals surface area (Å²) in [6, 6.07) is 19.6. The van der Waals surface area contributed by atoms with Crippen molar-refractivity contribution in [1.29, 1.82) is 0 Å². The lowest BCUT2D eigenvalue weighted by atomic mass is 10.2. The van der Waals surface area contributed by atoms with Crippen molar-refractivity contribution >= 4 is 5.82 Å². The van der Waals surface area contributed by atoms with Gasteiger partial charge in [0.25, 0.3) is 0 Å². The third-order valence-electron chi connectivity index (χ3n) is 4.06. The Bertz CT molecular complexity index is 853. The van der Waals surface area contributed by atoms with Crippen molar-refractivity contribution in [3.63, 3.8) is 0 Å². The molecule has 5 nitrogen and oxygen atoms in total. The number of aryl methyl sites for hydroxylation is 1. The van der Waals surface area contributed by atoms with E-state index in [9.17, 15) is 0 Å². The van der Waals surface area contributed by atoms with Crippen LogP contribution >= 0.6 is 0 Å². The predicted octanol–water partition coefficient (Wildman–Crippen LogP) is 4.47. The normalized spacial score (nSPS) is 10.3. The Labute approximate surface area is 159 Å². The molecule has 140 valence electrons. The average Bonchev–Trinajstić information content (AvgIpc) is 2.72. The van der Waals surface area contributed by atoms with E-state index in [-0.39, 0.29) is 0 Å². The van der Waals surface area contributed by atoms with Crippen molar-refractivity contribution in [3.8, 4) is 17.2 Å². The Balaban J connectivity index is 1.56. The highest BCUT2D eigenvalue weighted by molar-refractivity contribution is 5.44. The molecule has 0 aliphatic rings. The Morgan fingerprint density at radius 2 is 1.63 bits per heavy atom. The molecule has 0 unspecified atom stereocenters. The van der Waals surface area contributed by atoms with Crippen molar-refractivity contribution in [2.24, 2.45) is 0 Å². The average molecular weight is 364 g/mol. The Kier molecular flexibility index (Phi) is 6.52. The van der Waals surface area contributed by atoms with Crippen molar-refractivity contribution in [2.45, 2.75) is 13.5 Å². The summed E-state index contributed by atoms with van der Waals surface area (Å²) in [6.07, 6.45) is 1.76. The van der Waals surface area contributed by atoms with Gasteiger partial charge in [0.1, 0.15) is 24.8 Å². The zero-order valence-electron chi connectivity index (χ0n) is 15.6. The number of rotatable bonds is 9. The van der Waals surface area contributed by atoms with Gasteiger partial charge < -0.3 is 19.5 Å². The molecule has 0 bridgehead atoms. The van der Waals surface area contributed by atoms with Crippen LogP contribution in [0.4, 0.5) is 5.82 Å². The third-order valence-corrected chi connectivity index (χ3v) is 4.06. The maximum atomic E-state index is 5.89. The first-order chi connectivity index (χ1) is 13.3. The minimum atomic E-state index is 0.432. The number of nitrogens with zero attached hydrogens (tertiary/aromatic N) is 1. The number of aromatic nitrogens is 1.